The first-order valence-electron chi connectivity index (χ1n) is 10.5. The van der Waals surface area contributed by atoms with E-state index in [0.717, 1.165) is 11.1 Å². The van der Waals surface area contributed by atoms with Crippen LogP contribution in [0.2, 0.25) is 5.02 Å². The number of aliphatic hydroxyl groups excluding tert-OH is 1. The number of benzene rings is 2. The van der Waals surface area contributed by atoms with Gasteiger partial charge in [0.05, 0.1) is 18.8 Å². The van der Waals surface area contributed by atoms with E-state index in [1.54, 1.807) is 12.1 Å². The monoisotopic (exact) mass is 461 g/mol. The highest BCUT2D eigenvalue weighted by Gasteiger charge is 2.41. The van der Waals surface area contributed by atoms with E-state index in [1.807, 2.05) is 44.2 Å². The first-order chi connectivity index (χ1) is 15.2. The van der Waals surface area contributed by atoms with Gasteiger partial charge in [-0.15, -0.1) is 0 Å². The molecule has 0 bridgehead atoms. The van der Waals surface area contributed by atoms with E-state index in [-0.39, 0.29) is 25.0 Å². The Labute approximate surface area is 192 Å². The van der Waals surface area contributed by atoms with E-state index in [1.165, 1.54) is 0 Å². The number of aliphatic carboxylic acids is 1. The average Bonchev–Trinajstić information content (AvgIpc) is 2.71. The van der Waals surface area contributed by atoms with Gasteiger partial charge in [-0.25, -0.2) is 4.79 Å². The number of ether oxygens (including phenoxy) is 2. The van der Waals surface area contributed by atoms with Gasteiger partial charge in [0, 0.05) is 35.4 Å². The Morgan fingerprint density at radius 1 is 1.22 bits per heavy atom. The van der Waals surface area contributed by atoms with E-state index >= 15 is 0 Å². The van der Waals surface area contributed by atoms with Crippen LogP contribution in [-0.4, -0.2) is 40.8 Å². The fourth-order valence-corrected chi connectivity index (χ4v) is 4.26. The van der Waals surface area contributed by atoms with Gasteiger partial charge in [-0.2, -0.15) is 0 Å². The predicted octanol–water partition coefficient (Wildman–Crippen LogP) is 3.96. The number of carboxylic acid groups (broad SMARTS) is 1. The molecule has 172 valence electrons. The minimum atomic E-state index is -1.07. The molecule has 2 aromatic carbocycles. The normalized spacial score (nSPS) is 22.9. The number of carboxylic acids is 1. The summed E-state index contributed by atoms with van der Waals surface area (Å²) < 4.78 is 12.0. The molecule has 2 aromatic rings. The molecule has 0 aromatic heterocycles. The third-order valence-electron chi connectivity index (χ3n) is 5.47. The Morgan fingerprint density at radius 2 is 1.97 bits per heavy atom. The number of carbonyl (C=O) groups excluding carboxylic acids is 1. The predicted molar refractivity (Wildman–Crippen MR) is 120 cm³/mol. The quantitative estimate of drug-likeness (QED) is 0.549. The fourth-order valence-electron chi connectivity index (χ4n) is 4.06. The van der Waals surface area contributed by atoms with Gasteiger partial charge in [0.15, 0.2) is 6.61 Å². The van der Waals surface area contributed by atoms with Crippen molar-refractivity contribution in [2.45, 2.75) is 50.9 Å². The molecule has 0 aliphatic carbocycles. The summed E-state index contributed by atoms with van der Waals surface area (Å²) in [6.07, 6.45) is 0.156. The van der Waals surface area contributed by atoms with E-state index in [2.05, 4.69) is 5.32 Å². The van der Waals surface area contributed by atoms with E-state index in [4.69, 9.17) is 31.3 Å². The molecule has 1 heterocycles. The maximum absolute atomic E-state index is 12.3. The summed E-state index contributed by atoms with van der Waals surface area (Å²) in [6, 6.07) is 13.0. The molecular weight excluding hydrogens is 434 g/mol. The average molecular weight is 462 g/mol. The van der Waals surface area contributed by atoms with Crippen molar-refractivity contribution in [3.8, 4) is 5.75 Å². The van der Waals surface area contributed by atoms with Gasteiger partial charge in [-0.1, -0.05) is 35.9 Å². The van der Waals surface area contributed by atoms with Crippen LogP contribution in [-0.2, 0) is 14.3 Å². The van der Waals surface area contributed by atoms with E-state index in [9.17, 15) is 9.59 Å². The van der Waals surface area contributed by atoms with E-state index in [0.29, 0.717) is 29.2 Å². The number of aliphatic hydroxyl groups is 1. The topological polar surface area (TPSA) is 105 Å². The summed E-state index contributed by atoms with van der Waals surface area (Å²) in [5.74, 6) is -0.875. The van der Waals surface area contributed by atoms with Crippen molar-refractivity contribution in [1.82, 2.24) is 5.32 Å². The molecule has 8 heteroatoms. The van der Waals surface area contributed by atoms with Gasteiger partial charge in [-0.3, -0.25) is 4.79 Å². The SMILES string of the molecule is Cc1ccc([C@H]2C[C@@](C)(NC(=O)CCO)C[C@@H](c3cccc(Cl)c3)O2)c(OCC(=O)O)c1. The van der Waals surface area contributed by atoms with Crippen molar-refractivity contribution in [2.75, 3.05) is 13.2 Å². The number of aryl methyl sites for hydroxylation is 1. The van der Waals surface area contributed by atoms with Gasteiger partial charge < -0.3 is 25.0 Å². The van der Waals surface area contributed by atoms with Crippen LogP contribution in [0.15, 0.2) is 42.5 Å². The molecule has 1 amide bonds. The van der Waals surface area contributed by atoms with Gasteiger partial charge >= 0.3 is 5.97 Å². The lowest BCUT2D eigenvalue weighted by Gasteiger charge is -2.43. The molecule has 0 radical (unpaired) electrons. The zero-order valence-electron chi connectivity index (χ0n) is 18.1. The third kappa shape index (κ3) is 6.22. The van der Waals surface area contributed by atoms with Gasteiger partial charge in [0.1, 0.15) is 5.75 Å². The van der Waals surface area contributed by atoms with Crippen molar-refractivity contribution in [3.63, 3.8) is 0 Å². The minimum absolute atomic E-state index is 0.0143. The Bertz CT molecular complexity index is 981. The zero-order chi connectivity index (χ0) is 23.3. The number of carbonyl (C=O) groups is 2. The molecule has 0 spiro atoms. The van der Waals surface area contributed by atoms with Crippen LogP contribution in [0.5, 0.6) is 5.75 Å². The number of rotatable bonds is 8. The van der Waals surface area contributed by atoms with Crippen LogP contribution in [0.25, 0.3) is 0 Å². The lowest BCUT2D eigenvalue weighted by Crippen LogP contribution is -2.51. The van der Waals surface area contributed by atoms with Crippen LogP contribution in [0.3, 0.4) is 0 Å². The second kappa shape index (κ2) is 10.3. The van der Waals surface area contributed by atoms with Crippen molar-refractivity contribution >= 4 is 23.5 Å². The Morgan fingerprint density at radius 3 is 2.66 bits per heavy atom. The molecule has 1 saturated heterocycles. The second-order valence-corrected chi connectivity index (χ2v) is 8.82. The van der Waals surface area contributed by atoms with Crippen LogP contribution in [0, 0.1) is 6.92 Å². The number of amides is 1. The van der Waals surface area contributed by atoms with Crippen LogP contribution < -0.4 is 10.1 Å². The van der Waals surface area contributed by atoms with Crippen LogP contribution in [0.4, 0.5) is 0 Å². The van der Waals surface area contributed by atoms with Crippen molar-refractivity contribution < 1.29 is 29.3 Å². The molecule has 0 unspecified atom stereocenters. The smallest absolute Gasteiger partial charge is 0.341 e. The van der Waals surface area contributed by atoms with Crippen molar-refractivity contribution in [2.24, 2.45) is 0 Å². The second-order valence-electron chi connectivity index (χ2n) is 8.38. The largest absolute Gasteiger partial charge is 0.482 e. The molecule has 1 fully saturated rings. The number of halogens is 1. The van der Waals surface area contributed by atoms with Crippen LogP contribution >= 0.6 is 11.6 Å². The third-order valence-corrected chi connectivity index (χ3v) is 5.70. The number of hydrogen-bond donors (Lipinski definition) is 3. The minimum Gasteiger partial charge on any atom is -0.482 e. The first-order valence-corrected chi connectivity index (χ1v) is 10.8. The molecular formula is C24H28ClNO6. The summed E-state index contributed by atoms with van der Waals surface area (Å²) in [5, 5.41) is 21.8. The maximum Gasteiger partial charge on any atom is 0.341 e. The Balaban J connectivity index is 1.97. The molecule has 1 aliphatic heterocycles. The van der Waals surface area contributed by atoms with Crippen LogP contribution in [0.1, 0.15) is 55.1 Å². The van der Waals surface area contributed by atoms with E-state index < -0.39 is 24.2 Å². The molecule has 0 saturated carbocycles. The summed E-state index contributed by atoms with van der Waals surface area (Å²) in [4.78, 5) is 23.4. The lowest BCUT2D eigenvalue weighted by molar-refractivity contribution is -0.139. The van der Waals surface area contributed by atoms with Crippen molar-refractivity contribution in [3.05, 3.63) is 64.2 Å². The summed E-state index contributed by atoms with van der Waals surface area (Å²) in [6.45, 7) is 3.14. The fraction of sp³-hybridized carbons (Fsp3) is 0.417. The molecule has 3 atom stereocenters. The molecule has 3 rings (SSSR count). The molecule has 7 nitrogen and oxygen atoms in total. The summed E-state index contributed by atoms with van der Waals surface area (Å²) in [5.41, 5.74) is 1.89. The summed E-state index contributed by atoms with van der Waals surface area (Å²) >= 11 is 6.20. The zero-order valence-corrected chi connectivity index (χ0v) is 18.9. The summed E-state index contributed by atoms with van der Waals surface area (Å²) in [7, 11) is 0. The van der Waals surface area contributed by atoms with Gasteiger partial charge in [0.25, 0.3) is 0 Å². The number of nitrogens with one attached hydrogen (secondary N) is 1. The maximum atomic E-state index is 12.3. The number of hydrogen-bond acceptors (Lipinski definition) is 5. The molecule has 32 heavy (non-hydrogen) atoms. The first kappa shape index (κ1) is 24.0. The standard InChI is InChI=1S/C24H28ClNO6/c1-15-6-7-18(19(10-15)31-14-23(29)30)21-13-24(2,26-22(28)8-9-27)12-20(32-21)16-4-3-5-17(25)11-16/h3-7,10-11,20-21,27H,8-9,12-14H2,1-2H3,(H,26,28)(H,29,30)/t20-,21+,24-/m0/s1. The van der Waals surface area contributed by atoms with Crippen molar-refractivity contribution in [1.29, 1.82) is 0 Å². The lowest BCUT2D eigenvalue weighted by atomic mass is 9.81. The Hall–Kier alpha value is -2.61. The molecule has 1 aliphatic rings. The molecule has 3 N–H and O–H groups in total. The van der Waals surface area contributed by atoms with Gasteiger partial charge in [0.2, 0.25) is 5.91 Å². The Kier molecular flexibility index (Phi) is 7.77. The van der Waals surface area contributed by atoms with Gasteiger partial charge in [-0.05, 0) is 43.2 Å². The highest BCUT2D eigenvalue weighted by atomic mass is 35.5. The highest BCUT2D eigenvalue weighted by Crippen LogP contribution is 2.46. The highest BCUT2D eigenvalue weighted by molar-refractivity contribution is 6.30.